The van der Waals surface area contributed by atoms with Gasteiger partial charge < -0.3 is 29.9 Å². The molecule has 0 radical (unpaired) electrons. The molecule has 49 heavy (non-hydrogen) atoms. The first-order valence-corrected chi connectivity index (χ1v) is 17.4. The molecule has 0 spiro atoms. The van der Waals surface area contributed by atoms with Crippen LogP contribution in [0.15, 0.2) is 132 Å². The Labute approximate surface area is 286 Å². The van der Waals surface area contributed by atoms with E-state index in [1.807, 2.05) is 97.1 Å². The molecule has 10 nitrogen and oxygen atoms in total. The molecule has 1 unspecified atom stereocenters. The smallest absolute Gasteiger partial charge is 0.408 e. The Morgan fingerprint density at radius 1 is 0.735 bits per heavy atom. The molecule has 4 atom stereocenters. The van der Waals surface area contributed by atoms with Gasteiger partial charge in [0.1, 0.15) is 24.1 Å². The maximum atomic E-state index is 13.9. The summed E-state index contributed by atoms with van der Waals surface area (Å²) in [5, 5.41) is 19.7. The molecule has 0 fully saturated rings. The molecular formula is C38H38N3O7P. The van der Waals surface area contributed by atoms with E-state index < -0.39 is 43.9 Å². The molecule has 2 amide bonds. The quantitative estimate of drug-likeness (QED) is 0.0901. The number of amides is 2. The van der Waals surface area contributed by atoms with Gasteiger partial charge in [0, 0.05) is 38.8 Å². The van der Waals surface area contributed by atoms with Crippen molar-refractivity contribution in [3.05, 3.63) is 150 Å². The van der Waals surface area contributed by atoms with E-state index in [4.69, 9.17) is 9.26 Å². The molecule has 11 heteroatoms. The number of nitrogens with zero attached hydrogens (tertiary/aromatic N) is 1. The van der Waals surface area contributed by atoms with Gasteiger partial charge in [0.25, 0.3) is 0 Å². The van der Waals surface area contributed by atoms with Crippen LogP contribution in [0.4, 0.5) is 4.79 Å². The molecule has 0 saturated carbocycles. The Balaban J connectivity index is 1.36. The average molecular weight is 680 g/mol. The third-order valence-electron chi connectivity index (χ3n) is 7.88. The second-order valence-corrected chi connectivity index (χ2v) is 13.4. The highest BCUT2D eigenvalue weighted by Gasteiger charge is 2.32. The van der Waals surface area contributed by atoms with Crippen LogP contribution >= 0.6 is 8.15 Å². The number of alkyl carbamates (subject to hydrolysis) is 1. The van der Waals surface area contributed by atoms with Gasteiger partial charge in [-0.25, -0.2) is 9.59 Å². The van der Waals surface area contributed by atoms with Gasteiger partial charge in [-0.05, 0) is 23.1 Å². The van der Waals surface area contributed by atoms with Crippen LogP contribution in [0, 0.1) is 5.92 Å². The van der Waals surface area contributed by atoms with E-state index >= 15 is 0 Å². The zero-order valence-corrected chi connectivity index (χ0v) is 27.6. The highest BCUT2D eigenvalue weighted by Crippen LogP contribution is 2.40. The molecule has 0 aliphatic rings. The Bertz CT molecular complexity index is 1770. The van der Waals surface area contributed by atoms with Gasteiger partial charge in [-0.1, -0.05) is 126 Å². The molecule has 4 aromatic carbocycles. The van der Waals surface area contributed by atoms with Crippen molar-refractivity contribution >= 4 is 26.1 Å². The molecule has 1 aromatic heterocycles. The predicted octanol–water partition coefficient (Wildman–Crippen LogP) is 6.20. The SMILES string of the molecule is O=C(N[C@@H](Cc1ccccc1)P(O)C[C@H](Cc1cc(-c2ccccc2)no1)C(=O)N[C@@H](Cc1ccccc1)C(=O)O)OCc1ccccc1. The van der Waals surface area contributed by atoms with Crippen LogP contribution in [-0.2, 0) is 40.2 Å². The van der Waals surface area contributed by atoms with Crippen molar-refractivity contribution in [2.45, 2.75) is 37.7 Å². The van der Waals surface area contributed by atoms with Crippen LogP contribution in [0.2, 0.25) is 0 Å². The van der Waals surface area contributed by atoms with Crippen LogP contribution in [-0.4, -0.2) is 51.1 Å². The fourth-order valence-corrected chi connectivity index (χ4v) is 6.98. The number of aliphatic carboxylic acids is 1. The lowest BCUT2D eigenvalue weighted by atomic mass is 10.0. The van der Waals surface area contributed by atoms with Crippen molar-refractivity contribution in [3.8, 4) is 11.3 Å². The number of rotatable bonds is 16. The number of carboxylic acid groups (broad SMARTS) is 1. The summed E-state index contributed by atoms with van der Waals surface area (Å²) >= 11 is 0. The number of hydrogen-bond donors (Lipinski definition) is 4. The number of benzene rings is 4. The first-order chi connectivity index (χ1) is 23.8. The Kier molecular flexibility index (Phi) is 12.7. The molecule has 5 aromatic rings. The Morgan fingerprint density at radius 3 is 1.88 bits per heavy atom. The highest BCUT2D eigenvalue weighted by molar-refractivity contribution is 7.52. The highest BCUT2D eigenvalue weighted by atomic mass is 31.1. The summed E-state index contributed by atoms with van der Waals surface area (Å²) in [5.41, 5.74) is 3.84. The van der Waals surface area contributed by atoms with Crippen LogP contribution in [0.3, 0.4) is 0 Å². The molecule has 252 valence electrons. The number of carbonyl (C=O) groups is 3. The largest absolute Gasteiger partial charge is 0.480 e. The summed E-state index contributed by atoms with van der Waals surface area (Å²) in [7, 11) is -2.04. The van der Waals surface area contributed by atoms with E-state index in [2.05, 4.69) is 15.8 Å². The first-order valence-electron chi connectivity index (χ1n) is 15.9. The monoisotopic (exact) mass is 679 g/mol. The van der Waals surface area contributed by atoms with E-state index in [-0.39, 0.29) is 32.0 Å². The number of nitrogens with one attached hydrogen (secondary N) is 2. The molecule has 0 aliphatic heterocycles. The lowest BCUT2D eigenvalue weighted by Gasteiger charge is -2.27. The van der Waals surface area contributed by atoms with Crippen molar-refractivity contribution in [3.63, 3.8) is 0 Å². The van der Waals surface area contributed by atoms with Crippen LogP contribution in [0.5, 0.6) is 0 Å². The third kappa shape index (κ3) is 10.9. The molecule has 4 N–H and O–H groups in total. The number of carbonyl (C=O) groups excluding carboxylic acids is 2. The van der Waals surface area contributed by atoms with Gasteiger partial charge in [-0.2, -0.15) is 0 Å². The second kappa shape index (κ2) is 17.7. The van der Waals surface area contributed by atoms with Crippen molar-refractivity contribution < 1.29 is 33.6 Å². The van der Waals surface area contributed by atoms with Crippen LogP contribution in [0.25, 0.3) is 11.3 Å². The van der Waals surface area contributed by atoms with Crippen LogP contribution < -0.4 is 10.6 Å². The maximum Gasteiger partial charge on any atom is 0.408 e. The predicted molar refractivity (Wildman–Crippen MR) is 187 cm³/mol. The Hall–Kier alpha value is -5.31. The molecule has 1 heterocycles. The van der Waals surface area contributed by atoms with Gasteiger partial charge in [0.2, 0.25) is 5.91 Å². The minimum Gasteiger partial charge on any atom is -0.480 e. The Morgan fingerprint density at radius 2 is 1.29 bits per heavy atom. The minimum absolute atomic E-state index is 0.0409. The lowest BCUT2D eigenvalue weighted by Crippen LogP contribution is -2.46. The van der Waals surface area contributed by atoms with E-state index in [1.54, 1.807) is 30.3 Å². The summed E-state index contributed by atoms with van der Waals surface area (Å²) in [6, 6.07) is 37.6. The number of carboxylic acids is 1. The van der Waals surface area contributed by atoms with E-state index in [1.165, 1.54) is 0 Å². The molecule has 0 bridgehead atoms. The van der Waals surface area contributed by atoms with Crippen molar-refractivity contribution in [2.24, 2.45) is 5.92 Å². The number of hydrogen-bond acceptors (Lipinski definition) is 7. The topological polar surface area (TPSA) is 151 Å². The summed E-state index contributed by atoms with van der Waals surface area (Å²) in [6.07, 6.45) is -0.363. The lowest BCUT2D eigenvalue weighted by molar-refractivity contribution is -0.142. The maximum absolute atomic E-state index is 13.9. The molecular weight excluding hydrogens is 641 g/mol. The molecule has 0 saturated heterocycles. The average Bonchev–Trinajstić information content (AvgIpc) is 3.60. The molecule has 5 rings (SSSR count). The summed E-state index contributed by atoms with van der Waals surface area (Å²) in [6.45, 7) is 0.0480. The van der Waals surface area contributed by atoms with Crippen molar-refractivity contribution in [2.75, 3.05) is 6.16 Å². The van der Waals surface area contributed by atoms with Gasteiger partial charge >= 0.3 is 12.1 Å². The summed E-state index contributed by atoms with van der Waals surface area (Å²) < 4.78 is 11.1. The fourth-order valence-electron chi connectivity index (χ4n) is 5.30. The number of ether oxygens (including phenoxy) is 1. The van der Waals surface area contributed by atoms with Gasteiger partial charge in [-0.3, -0.25) is 4.79 Å². The van der Waals surface area contributed by atoms with E-state index in [9.17, 15) is 24.4 Å². The fraction of sp³-hybridized carbons (Fsp3) is 0.211. The third-order valence-corrected chi connectivity index (χ3v) is 9.73. The van der Waals surface area contributed by atoms with E-state index in [0.717, 1.165) is 22.3 Å². The normalized spacial score (nSPS) is 13.4. The van der Waals surface area contributed by atoms with Crippen molar-refractivity contribution in [1.29, 1.82) is 0 Å². The summed E-state index contributed by atoms with van der Waals surface area (Å²) in [5.74, 6) is -3.03. The zero-order valence-electron chi connectivity index (χ0n) is 26.7. The first kappa shape index (κ1) is 35.0. The molecule has 0 aliphatic carbocycles. The van der Waals surface area contributed by atoms with E-state index in [0.29, 0.717) is 11.5 Å². The van der Waals surface area contributed by atoms with Gasteiger partial charge in [0.15, 0.2) is 0 Å². The zero-order chi connectivity index (χ0) is 34.4. The van der Waals surface area contributed by atoms with Gasteiger partial charge in [0.05, 0.1) is 11.7 Å². The van der Waals surface area contributed by atoms with Crippen LogP contribution in [0.1, 0.15) is 22.5 Å². The minimum atomic E-state index is -2.04. The second-order valence-electron chi connectivity index (χ2n) is 11.6. The van der Waals surface area contributed by atoms with Gasteiger partial charge in [-0.15, -0.1) is 0 Å². The number of aromatic nitrogens is 1. The van der Waals surface area contributed by atoms with Crippen molar-refractivity contribution in [1.82, 2.24) is 15.8 Å². The summed E-state index contributed by atoms with van der Waals surface area (Å²) in [4.78, 5) is 50.8. The standard InChI is InChI=1S/C38H38N3O7P/c42-36(39-34(37(43)44)21-27-13-5-1-6-14-27)31(23-32-24-33(41-48-32)30-19-11-4-12-20-30)26-49(46)35(22-28-15-7-2-8-16-28)40-38(45)47-25-29-17-9-3-10-18-29/h1-20,24,31,34-35,46H,21-23,25-26H2,(H,39,42)(H,40,45)(H,43,44)/t31-,34-,35+,49?/m0/s1.